The summed E-state index contributed by atoms with van der Waals surface area (Å²) in [5.41, 5.74) is 13.9. The van der Waals surface area contributed by atoms with Crippen LogP contribution in [-0.4, -0.2) is 27.6 Å². The van der Waals surface area contributed by atoms with Gasteiger partial charge in [-0.3, -0.25) is 4.98 Å². The van der Waals surface area contributed by atoms with Gasteiger partial charge in [-0.2, -0.15) is 0 Å². The number of allylic oxidation sites excluding steroid dienone is 1. The largest absolute Gasteiger partial charge is 0.393 e. The third kappa shape index (κ3) is 3.87. The fraction of sp³-hybridized carbons (Fsp3) is 0.273. The highest BCUT2D eigenvalue weighted by Crippen LogP contribution is 2.40. The molecule has 30 heavy (non-hydrogen) atoms. The summed E-state index contributed by atoms with van der Waals surface area (Å²) in [7, 11) is 0. The molecule has 0 fully saturated rings. The van der Waals surface area contributed by atoms with E-state index in [-0.39, 0.29) is 6.61 Å². The molecule has 2 atom stereocenters. The number of hydrogen-bond donors (Lipinski definition) is 4. The quantitative estimate of drug-likeness (QED) is 0.479. The summed E-state index contributed by atoms with van der Waals surface area (Å²) in [5, 5.41) is 21.6. The third-order valence-electron chi connectivity index (χ3n) is 5.27. The highest BCUT2D eigenvalue weighted by molar-refractivity contribution is 7.19. The van der Waals surface area contributed by atoms with Gasteiger partial charge >= 0.3 is 0 Å². The Labute approximate surface area is 183 Å². The molecule has 0 amide bonds. The van der Waals surface area contributed by atoms with E-state index in [1.54, 1.807) is 36.6 Å². The van der Waals surface area contributed by atoms with Crippen molar-refractivity contribution >= 4 is 38.9 Å². The molecule has 1 aliphatic heterocycles. The monoisotopic (exact) mass is 442 g/mol. The number of nitrogens with two attached hydrogens (primary N) is 2. The van der Waals surface area contributed by atoms with Gasteiger partial charge in [0.2, 0.25) is 0 Å². The second-order valence-electron chi connectivity index (χ2n) is 7.61. The molecule has 0 spiro atoms. The lowest BCUT2D eigenvalue weighted by molar-refractivity contribution is -0.00230. The van der Waals surface area contributed by atoms with Crippen molar-refractivity contribution in [3.63, 3.8) is 0 Å². The molecule has 8 heteroatoms. The molecule has 2 aromatic heterocycles. The van der Waals surface area contributed by atoms with Crippen LogP contribution in [0.4, 0.5) is 0 Å². The zero-order chi connectivity index (χ0) is 21.5. The first-order chi connectivity index (χ1) is 14.3. The summed E-state index contributed by atoms with van der Waals surface area (Å²) in [5.74, 6) is 0.545. The number of thiophene rings is 1. The van der Waals surface area contributed by atoms with Gasteiger partial charge in [0.1, 0.15) is 5.60 Å². The second kappa shape index (κ2) is 8.09. The van der Waals surface area contributed by atoms with Gasteiger partial charge in [0.05, 0.1) is 29.9 Å². The predicted octanol–water partition coefficient (Wildman–Crippen LogP) is 3.76. The zero-order valence-electron chi connectivity index (χ0n) is 16.5. The van der Waals surface area contributed by atoms with Gasteiger partial charge in [0.25, 0.3) is 0 Å². The van der Waals surface area contributed by atoms with Gasteiger partial charge in [-0.25, -0.2) is 4.99 Å². The average molecular weight is 443 g/mol. The molecule has 6 nitrogen and oxygen atoms in total. The zero-order valence-corrected chi connectivity index (χ0v) is 18.0. The number of aliphatic imine (C=N–C) groups is 1. The van der Waals surface area contributed by atoms with Crippen molar-refractivity contribution in [1.82, 2.24) is 4.98 Å². The molecular formula is C22H23ClN4O2S. The number of aliphatic hydroxyl groups excluding tert-OH is 1. The van der Waals surface area contributed by atoms with Crippen molar-refractivity contribution in [1.29, 1.82) is 0 Å². The Hall–Kier alpha value is -2.29. The lowest BCUT2D eigenvalue weighted by Crippen LogP contribution is -2.25. The van der Waals surface area contributed by atoms with Crippen LogP contribution in [0.2, 0.25) is 0 Å². The van der Waals surface area contributed by atoms with E-state index < -0.39 is 11.6 Å². The van der Waals surface area contributed by atoms with E-state index in [1.807, 2.05) is 24.3 Å². The molecule has 0 saturated carbocycles. The van der Waals surface area contributed by atoms with Crippen LogP contribution in [0.25, 0.3) is 21.3 Å². The van der Waals surface area contributed by atoms with Gasteiger partial charge in [-0.05, 0) is 42.5 Å². The maximum Gasteiger partial charge on any atom is 0.110 e. The van der Waals surface area contributed by atoms with Crippen LogP contribution in [-0.2, 0) is 5.60 Å². The molecule has 1 aromatic carbocycles. The van der Waals surface area contributed by atoms with Crippen molar-refractivity contribution in [3.8, 4) is 11.3 Å². The Morgan fingerprint density at radius 3 is 2.83 bits per heavy atom. The van der Waals surface area contributed by atoms with E-state index in [0.717, 1.165) is 20.5 Å². The van der Waals surface area contributed by atoms with E-state index >= 15 is 0 Å². The fourth-order valence-corrected chi connectivity index (χ4v) is 4.89. The molecule has 0 bridgehead atoms. The summed E-state index contributed by atoms with van der Waals surface area (Å²) in [6.45, 7) is 1.20. The van der Waals surface area contributed by atoms with E-state index in [4.69, 9.17) is 23.1 Å². The first-order valence-electron chi connectivity index (χ1n) is 9.60. The topological polar surface area (TPSA) is 118 Å². The van der Waals surface area contributed by atoms with Crippen molar-refractivity contribution in [2.75, 3.05) is 6.61 Å². The van der Waals surface area contributed by atoms with Crippen LogP contribution in [0.1, 0.15) is 36.2 Å². The SMILES string of the molecule is CC(O)(CO)c1ccnc(-c2cccc3cc(C(N)C4=C(Cl)CCC(N)=N4)sc23)c1. The lowest BCUT2D eigenvalue weighted by atomic mass is 9.96. The number of fused-ring (bicyclic) bond motifs is 1. The molecule has 0 aliphatic carbocycles. The molecule has 3 heterocycles. The van der Waals surface area contributed by atoms with Crippen LogP contribution in [0.15, 0.2) is 58.3 Å². The molecule has 156 valence electrons. The summed E-state index contributed by atoms with van der Waals surface area (Å²) in [6, 6.07) is 11.0. The van der Waals surface area contributed by atoms with E-state index in [1.165, 1.54) is 0 Å². The maximum atomic E-state index is 10.4. The summed E-state index contributed by atoms with van der Waals surface area (Å²) >= 11 is 7.94. The molecule has 3 aromatic rings. The number of halogens is 1. The van der Waals surface area contributed by atoms with E-state index in [2.05, 4.69) is 9.98 Å². The number of pyridine rings is 1. The molecule has 4 rings (SSSR count). The van der Waals surface area contributed by atoms with Crippen LogP contribution in [0.3, 0.4) is 0 Å². The summed E-state index contributed by atoms with van der Waals surface area (Å²) in [4.78, 5) is 9.82. The molecular weight excluding hydrogens is 420 g/mol. The number of rotatable bonds is 5. The number of aromatic nitrogens is 1. The van der Waals surface area contributed by atoms with Crippen molar-refractivity contribution in [2.24, 2.45) is 16.5 Å². The van der Waals surface area contributed by atoms with Gasteiger partial charge in [0, 0.05) is 32.8 Å². The smallest absolute Gasteiger partial charge is 0.110 e. The van der Waals surface area contributed by atoms with Gasteiger partial charge in [-0.1, -0.05) is 29.8 Å². The normalized spacial score (nSPS) is 17.7. The molecule has 0 radical (unpaired) electrons. The highest BCUT2D eigenvalue weighted by Gasteiger charge is 2.24. The molecule has 6 N–H and O–H groups in total. The maximum absolute atomic E-state index is 10.4. The van der Waals surface area contributed by atoms with Crippen LogP contribution in [0.5, 0.6) is 0 Å². The number of nitrogens with zero attached hydrogens (tertiary/aromatic N) is 2. The predicted molar refractivity (Wildman–Crippen MR) is 122 cm³/mol. The first-order valence-corrected chi connectivity index (χ1v) is 10.8. The van der Waals surface area contributed by atoms with Gasteiger partial charge in [0.15, 0.2) is 0 Å². The number of benzene rings is 1. The Morgan fingerprint density at radius 2 is 2.07 bits per heavy atom. The van der Waals surface area contributed by atoms with Crippen LogP contribution < -0.4 is 11.5 Å². The highest BCUT2D eigenvalue weighted by atomic mass is 35.5. The minimum absolute atomic E-state index is 0.377. The average Bonchev–Trinajstić information content (AvgIpc) is 3.19. The third-order valence-corrected chi connectivity index (χ3v) is 6.92. The number of aliphatic hydroxyl groups is 2. The fourth-order valence-electron chi connectivity index (χ4n) is 3.45. The number of hydrogen-bond acceptors (Lipinski definition) is 7. The Kier molecular flexibility index (Phi) is 5.65. The minimum atomic E-state index is -1.34. The lowest BCUT2D eigenvalue weighted by Gasteiger charge is -2.21. The molecule has 2 unspecified atom stereocenters. The van der Waals surface area contributed by atoms with Crippen molar-refractivity contribution < 1.29 is 10.2 Å². The van der Waals surface area contributed by atoms with Crippen LogP contribution >= 0.6 is 22.9 Å². The Morgan fingerprint density at radius 1 is 1.27 bits per heavy atom. The summed E-state index contributed by atoms with van der Waals surface area (Å²) < 4.78 is 1.03. The summed E-state index contributed by atoms with van der Waals surface area (Å²) in [6.07, 6.45) is 2.93. The van der Waals surface area contributed by atoms with Crippen molar-refractivity contribution in [2.45, 2.75) is 31.4 Å². The Balaban J connectivity index is 1.78. The second-order valence-corrected chi connectivity index (χ2v) is 9.15. The van der Waals surface area contributed by atoms with E-state index in [9.17, 15) is 10.2 Å². The molecule has 0 saturated heterocycles. The Bertz CT molecular complexity index is 1170. The van der Waals surface area contributed by atoms with Crippen molar-refractivity contribution in [3.05, 3.63) is 63.8 Å². The first kappa shape index (κ1) is 21.0. The molecule has 1 aliphatic rings. The standard InChI is InChI=1S/C22H23ClN4O2S/c1-22(29,11-28)13-7-8-26-16(10-13)14-4-2-3-12-9-17(30-21(12)14)19(25)20-15(23)5-6-18(24)27-20/h2-4,7-10,19,28-29H,5-6,11,25H2,1H3,(H2,24,27). The number of amidine groups is 1. The minimum Gasteiger partial charge on any atom is -0.393 e. The van der Waals surface area contributed by atoms with Gasteiger partial charge in [-0.15, -0.1) is 11.3 Å². The van der Waals surface area contributed by atoms with Crippen LogP contribution in [0, 0.1) is 0 Å². The van der Waals surface area contributed by atoms with Gasteiger partial charge < -0.3 is 21.7 Å². The van der Waals surface area contributed by atoms with E-state index in [0.29, 0.717) is 40.7 Å².